The second-order valence-corrected chi connectivity index (χ2v) is 12.6. The van der Waals surface area contributed by atoms with Gasteiger partial charge in [-0.25, -0.2) is 0 Å². The molecule has 0 bridgehead atoms. The average Bonchev–Trinajstić information content (AvgIpc) is 3.36. The SMILES string of the molecule is Cc1c(CCOC(C)C)sc[n+]1CCCCCCCCCCCC[n+]1csc(CCOC(C)C)c1C.[I-].[I-]. The van der Waals surface area contributed by atoms with E-state index >= 15 is 0 Å². The molecule has 0 spiro atoms. The van der Waals surface area contributed by atoms with Gasteiger partial charge in [-0.2, -0.15) is 9.13 Å². The second-order valence-electron chi connectivity index (χ2n) is 10.7. The van der Waals surface area contributed by atoms with Crippen LogP contribution >= 0.6 is 22.7 Å². The van der Waals surface area contributed by atoms with E-state index in [1.54, 1.807) is 0 Å². The van der Waals surface area contributed by atoms with Gasteiger partial charge in [-0.3, -0.25) is 0 Å². The number of halogens is 2. The van der Waals surface area contributed by atoms with Gasteiger partial charge in [0.05, 0.1) is 35.2 Å². The van der Waals surface area contributed by atoms with Crippen molar-refractivity contribution in [2.45, 2.75) is 144 Å². The highest BCUT2D eigenvalue weighted by atomic mass is 127. The largest absolute Gasteiger partial charge is 1.00 e. The molecule has 0 atom stereocenters. The van der Waals surface area contributed by atoms with Crippen molar-refractivity contribution in [2.75, 3.05) is 13.2 Å². The zero-order valence-electron chi connectivity index (χ0n) is 24.9. The Morgan fingerprint density at radius 2 is 0.895 bits per heavy atom. The highest BCUT2D eigenvalue weighted by Gasteiger charge is 2.16. The minimum atomic E-state index is 0. The molecule has 2 aromatic heterocycles. The first-order valence-corrected chi connectivity index (χ1v) is 16.3. The smallest absolute Gasteiger partial charge is 0.225 e. The average molecular weight is 793 g/mol. The van der Waals surface area contributed by atoms with Crippen molar-refractivity contribution in [3.8, 4) is 0 Å². The van der Waals surface area contributed by atoms with E-state index in [-0.39, 0.29) is 48.0 Å². The second kappa shape index (κ2) is 23.2. The molecule has 0 aromatic carbocycles. The Morgan fingerprint density at radius 3 is 1.21 bits per heavy atom. The quantitative estimate of drug-likeness (QED) is 0.109. The van der Waals surface area contributed by atoms with Crippen LogP contribution < -0.4 is 57.1 Å². The highest BCUT2D eigenvalue weighted by molar-refractivity contribution is 7.09. The van der Waals surface area contributed by atoms with Crippen LogP contribution in [0.1, 0.15) is 113 Å². The van der Waals surface area contributed by atoms with Gasteiger partial charge in [0, 0.05) is 39.5 Å². The van der Waals surface area contributed by atoms with Gasteiger partial charge in [0.25, 0.3) is 0 Å². The molecule has 0 fully saturated rings. The molecule has 0 saturated heterocycles. The number of nitrogens with zero attached hydrogens (tertiary/aromatic N) is 2. The Morgan fingerprint density at radius 1 is 0.579 bits per heavy atom. The van der Waals surface area contributed by atoms with E-state index in [2.05, 4.69) is 61.7 Å². The molecule has 2 heterocycles. The summed E-state index contributed by atoms with van der Waals surface area (Å²) in [5, 5.41) is 0. The Labute approximate surface area is 276 Å². The fourth-order valence-corrected chi connectivity index (χ4v) is 6.59. The molecule has 0 N–H and O–H groups in total. The maximum absolute atomic E-state index is 5.72. The summed E-state index contributed by atoms with van der Waals surface area (Å²) in [7, 11) is 0. The van der Waals surface area contributed by atoms with Crippen LogP contribution in [0.25, 0.3) is 0 Å². The highest BCUT2D eigenvalue weighted by Crippen LogP contribution is 2.15. The number of unbranched alkanes of at least 4 members (excludes halogenated alkanes) is 9. The van der Waals surface area contributed by atoms with Gasteiger partial charge in [-0.05, 0) is 40.5 Å². The van der Waals surface area contributed by atoms with Gasteiger partial charge < -0.3 is 57.4 Å². The molecular weight excluding hydrogens is 738 g/mol. The predicted molar refractivity (Wildman–Crippen MR) is 154 cm³/mol. The van der Waals surface area contributed by atoms with Crippen LogP contribution in [0.15, 0.2) is 11.0 Å². The van der Waals surface area contributed by atoms with Crippen molar-refractivity contribution in [1.82, 2.24) is 0 Å². The molecule has 2 rings (SSSR count). The number of rotatable bonds is 21. The van der Waals surface area contributed by atoms with Crippen molar-refractivity contribution in [2.24, 2.45) is 0 Å². The molecule has 0 aliphatic rings. The van der Waals surface area contributed by atoms with E-state index in [9.17, 15) is 0 Å². The monoisotopic (exact) mass is 792 g/mol. The van der Waals surface area contributed by atoms with Gasteiger partial charge in [0.2, 0.25) is 11.0 Å². The van der Waals surface area contributed by atoms with E-state index in [0.29, 0.717) is 12.2 Å². The molecule has 0 saturated carbocycles. The lowest BCUT2D eigenvalue weighted by molar-refractivity contribution is -0.698. The minimum Gasteiger partial charge on any atom is -1.00 e. The molecule has 222 valence electrons. The molecule has 0 aliphatic heterocycles. The maximum atomic E-state index is 5.72. The first-order valence-electron chi connectivity index (χ1n) is 14.5. The number of thiazole rings is 2. The molecule has 4 nitrogen and oxygen atoms in total. The molecule has 38 heavy (non-hydrogen) atoms. The van der Waals surface area contributed by atoms with Crippen LogP contribution in [0.4, 0.5) is 0 Å². The Kier molecular flexibility index (Phi) is 23.6. The Bertz CT molecular complexity index is 772. The molecule has 0 amide bonds. The van der Waals surface area contributed by atoms with Gasteiger partial charge in [-0.15, -0.1) is 0 Å². The van der Waals surface area contributed by atoms with Crippen LogP contribution in [-0.4, -0.2) is 25.4 Å². The van der Waals surface area contributed by atoms with E-state index in [0.717, 1.165) is 26.1 Å². The van der Waals surface area contributed by atoms with Gasteiger partial charge >= 0.3 is 0 Å². The van der Waals surface area contributed by atoms with Crippen LogP contribution in [0.5, 0.6) is 0 Å². The van der Waals surface area contributed by atoms with E-state index < -0.39 is 0 Å². The van der Waals surface area contributed by atoms with E-state index in [1.807, 2.05) is 22.7 Å². The van der Waals surface area contributed by atoms with Crippen molar-refractivity contribution < 1.29 is 66.6 Å². The van der Waals surface area contributed by atoms with Crippen molar-refractivity contribution >= 4 is 22.7 Å². The lowest BCUT2D eigenvalue weighted by Gasteiger charge is -2.05. The fraction of sp³-hybridized carbons (Fsp3) is 0.800. The van der Waals surface area contributed by atoms with Gasteiger partial charge in [-0.1, -0.05) is 61.2 Å². The zero-order valence-corrected chi connectivity index (χ0v) is 30.9. The Hall–Kier alpha value is 0.640. The molecule has 0 unspecified atom stereocenters. The number of ether oxygens (including phenoxy) is 2. The van der Waals surface area contributed by atoms with E-state index in [1.165, 1.54) is 98.4 Å². The Balaban J connectivity index is 0.00000684. The standard InChI is InChI=1S/C30H54N2O2S2.2HI/c1-25(2)33-21-17-29-27(5)31(23-35-29)19-15-13-11-9-7-8-10-12-14-16-20-32-24-36-30(28(32)6)18-22-34-26(3)4;;/h23-26H,7-22H2,1-6H3;2*1H/q+2;;/p-2. The van der Waals surface area contributed by atoms with Crippen LogP contribution in [0.2, 0.25) is 0 Å². The predicted octanol–water partition coefficient (Wildman–Crippen LogP) is 1.55. The molecule has 0 radical (unpaired) electrons. The summed E-state index contributed by atoms with van der Waals surface area (Å²) in [5.74, 6) is 0. The lowest BCUT2D eigenvalue weighted by atomic mass is 10.1. The number of aromatic nitrogens is 2. The van der Waals surface area contributed by atoms with Crippen molar-refractivity contribution in [1.29, 1.82) is 0 Å². The summed E-state index contributed by atoms with van der Waals surface area (Å²) in [4.78, 5) is 2.97. The third kappa shape index (κ3) is 16.2. The van der Waals surface area contributed by atoms with Crippen molar-refractivity contribution in [3.63, 3.8) is 0 Å². The summed E-state index contributed by atoms with van der Waals surface area (Å²) in [6.45, 7) is 17.0. The molecule has 8 heteroatoms. The van der Waals surface area contributed by atoms with Gasteiger partial charge in [0.15, 0.2) is 11.4 Å². The van der Waals surface area contributed by atoms with Crippen LogP contribution in [0, 0.1) is 13.8 Å². The van der Waals surface area contributed by atoms with Crippen LogP contribution in [0.3, 0.4) is 0 Å². The summed E-state index contributed by atoms with van der Waals surface area (Å²) in [5.41, 5.74) is 7.49. The third-order valence-electron chi connectivity index (χ3n) is 6.92. The normalized spacial score (nSPS) is 11.3. The number of aryl methyl sites for hydroxylation is 2. The lowest BCUT2D eigenvalue weighted by Crippen LogP contribution is -3.00. The summed E-state index contributed by atoms with van der Waals surface area (Å²) < 4.78 is 16.3. The molecular formula is C30H54I2N2O2S2. The first kappa shape index (κ1) is 38.6. The topological polar surface area (TPSA) is 26.2 Å². The third-order valence-corrected chi connectivity index (χ3v) is 9.21. The summed E-state index contributed by atoms with van der Waals surface area (Å²) in [6.07, 6.45) is 16.5. The van der Waals surface area contributed by atoms with E-state index in [4.69, 9.17) is 9.47 Å². The fourth-order valence-electron chi connectivity index (χ4n) is 4.58. The number of hydrogen-bond donors (Lipinski definition) is 0. The number of hydrogen-bond acceptors (Lipinski definition) is 4. The zero-order chi connectivity index (χ0) is 26.2. The minimum absolute atomic E-state index is 0. The van der Waals surface area contributed by atoms with Gasteiger partial charge in [0.1, 0.15) is 13.1 Å². The van der Waals surface area contributed by atoms with Crippen LogP contribution in [-0.2, 0) is 35.4 Å². The summed E-state index contributed by atoms with van der Waals surface area (Å²) in [6, 6.07) is 0. The summed E-state index contributed by atoms with van der Waals surface area (Å²) >= 11 is 3.78. The molecule has 2 aromatic rings. The first-order chi connectivity index (χ1) is 17.4. The maximum Gasteiger partial charge on any atom is 0.225 e. The molecule has 0 aliphatic carbocycles. The van der Waals surface area contributed by atoms with Crippen molar-refractivity contribution in [3.05, 3.63) is 32.2 Å².